The molecule has 0 fully saturated rings. The zero-order valence-electron chi connectivity index (χ0n) is 12.5. The maximum absolute atomic E-state index is 10.2. The maximum Gasteiger partial charge on any atom is 0.141 e. The van der Waals surface area contributed by atoms with Crippen LogP contribution < -0.4 is 5.32 Å². The van der Waals surface area contributed by atoms with Gasteiger partial charge in [0.25, 0.3) is 0 Å². The van der Waals surface area contributed by atoms with Crippen LogP contribution >= 0.6 is 0 Å². The van der Waals surface area contributed by atoms with E-state index in [-0.39, 0.29) is 11.3 Å². The molecule has 1 unspecified atom stereocenters. The van der Waals surface area contributed by atoms with Crippen molar-refractivity contribution in [3.63, 3.8) is 0 Å². The Morgan fingerprint density at radius 2 is 2.00 bits per heavy atom. The zero-order chi connectivity index (χ0) is 14.9. The molecular formula is C16H23NO3. The lowest BCUT2D eigenvalue weighted by Gasteiger charge is -2.22. The van der Waals surface area contributed by atoms with Gasteiger partial charge >= 0.3 is 0 Å². The van der Waals surface area contributed by atoms with Crippen molar-refractivity contribution in [2.45, 2.75) is 45.8 Å². The van der Waals surface area contributed by atoms with Crippen molar-refractivity contribution in [1.82, 2.24) is 5.32 Å². The van der Waals surface area contributed by atoms with Crippen molar-refractivity contribution in [2.24, 2.45) is 0 Å². The first-order valence-electron chi connectivity index (χ1n) is 6.99. The highest BCUT2D eigenvalue weighted by atomic mass is 16.4. The molecule has 2 aromatic rings. The van der Waals surface area contributed by atoms with Gasteiger partial charge in [0.05, 0.1) is 0 Å². The molecule has 0 aliphatic heterocycles. The minimum absolute atomic E-state index is 0.0557. The Morgan fingerprint density at radius 1 is 1.30 bits per heavy atom. The van der Waals surface area contributed by atoms with E-state index >= 15 is 0 Å². The molecule has 1 aromatic heterocycles. The van der Waals surface area contributed by atoms with E-state index in [4.69, 9.17) is 4.42 Å². The van der Waals surface area contributed by atoms with Crippen LogP contribution in [0.25, 0.3) is 11.0 Å². The van der Waals surface area contributed by atoms with Gasteiger partial charge in [-0.05, 0) is 45.4 Å². The number of hydrogen-bond donors (Lipinski definition) is 3. The van der Waals surface area contributed by atoms with Crippen LogP contribution in [0.4, 0.5) is 0 Å². The van der Waals surface area contributed by atoms with Crippen LogP contribution in [0.2, 0.25) is 0 Å². The van der Waals surface area contributed by atoms with Crippen molar-refractivity contribution >= 4 is 11.0 Å². The van der Waals surface area contributed by atoms with E-state index in [0.29, 0.717) is 24.3 Å². The molecule has 4 nitrogen and oxygen atoms in total. The highest BCUT2D eigenvalue weighted by Gasteiger charge is 2.18. The molecule has 0 saturated carbocycles. The van der Waals surface area contributed by atoms with Gasteiger partial charge in [0, 0.05) is 23.0 Å². The second kappa shape index (κ2) is 5.46. The fourth-order valence-corrected chi connectivity index (χ4v) is 2.18. The normalized spacial score (nSPS) is 13.8. The Hall–Kier alpha value is -1.52. The van der Waals surface area contributed by atoms with E-state index in [9.17, 15) is 10.2 Å². The molecular weight excluding hydrogens is 254 g/mol. The number of nitrogens with one attached hydrogen (secondary N) is 1. The van der Waals surface area contributed by atoms with Gasteiger partial charge in [0.2, 0.25) is 0 Å². The summed E-state index contributed by atoms with van der Waals surface area (Å²) in [6, 6.07) is 5.31. The first-order chi connectivity index (χ1) is 9.31. The molecule has 2 rings (SSSR count). The largest absolute Gasteiger partial charge is 0.508 e. The van der Waals surface area contributed by atoms with Crippen molar-refractivity contribution in [1.29, 1.82) is 0 Å². The van der Waals surface area contributed by atoms with Crippen molar-refractivity contribution in [3.8, 4) is 5.75 Å². The quantitative estimate of drug-likeness (QED) is 0.803. The molecule has 1 aromatic carbocycles. The molecule has 1 heterocycles. The first-order valence-corrected chi connectivity index (χ1v) is 6.99. The number of aryl methyl sites for hydroxylation is 1. The Balaban J connectivity index is 2.27. The van der Waals surface area contributed by atoms with Gasteiger partial charge in [0.1, 0.15) is 23.2 Å². The zero-order valence-corrected chi connectivity index (χ0v) is 12.5. The number of phenolic OH excluding ortho intramolecular Hbond substituents is 1. The van der Waals surface area contributed by atoms with E-state index in [1.807, 2.05) is 33.8 Å². The number of fused-ring (bicyclic) bond motifs is 1. The average molecular weight is 277 g/mol. The van der Waals surface area contributed by atoms with Crippen LogP contribution in [0, 0.1) is 0 Å². The summed E-state index contributed by atoms with van der Waals surface area (Å²) in [5.74, 6) is 0.764. The van der Waals surface area contributed by atoms with E-state index in [2.05, 4.69) is 5.32 Å². The Kier molecular flexibility index (Phi) is 4.06. The summed E-state index contributed by atoms with van der Waals surface area (Å²) in [5, 5.41) is 24.2. The number of hydrogen-bond acceptors (Lipinski definition) is 4. The first kappa shape index (κ1) is 14.9. The number of aliphatic hydroxyl groups is 1. The number of β-amino-alcohol motifs (C(OH)–C–C–N with tert-alkyl or cyclic N) is 1. The van der Waals surface area contributed by atoms with Gasteiger partial charge in [-0.3, -0.25) is 0 Å². The van der Waals surface area contributed by atoms with Crippen LogP contribution in [-0.2, 0) is 6.42 Å². The highest BCUT2D eigenvalue weighted by molar-refractivity contribution is 5.83. The molecule has 0 aliphatic rings. The van der Waals surface area contributed by atoms with Crippen molar-refractivity contribution in [2.75, 3.05) is 6.54 Å². The van der Waals surface area contributed by atoms with Gasteiger partial charge in [-0.2, -0.15) is 0 Å². The summed E-state index contributed by atoms with van der Waals surface area (Å²) >= 11 is 0. The van der Waals surface area contributed by atoms with Crippen LogP contribution in [0.1, 0.15) is 45.1 Å². The third kappa shape index (κ3) is 3.14. The predicted octanol–water partition coefficient (Wildman–Crippen LogP) is 3.12. The lowest BCUT2D eigenvalue weighted by Crippen LogP contribution is -2.38. The lowest BCUT2D eigenvalue weighted by molar-refractivity contribution is 0.140. The van der Waals surface area contributed by atoms with Crippen molar-refractivity contribution < 1.29 is 14.6 Å². The molecule has 0 spiro atoms. The number of aromatic hydroxyl groups is 1. The van der Waals surface area contributed by atoms with Crippen LogP contribution in [0.15, 0.2) is 22.6 Å². The van der Waals surface area contributed by atoms with E-state index in [1.165, 1.54) is 0 Å². The SMILES string of the molecule is CCc1c(O)ccc2cc(C(O)CNC(C)(C)C)oc12. The van der Waals surface area contributed by atoms with Gasteiger partial charge in [-0.15, -0.1) is 0 Å². The summed E-state index contributed by atoms with van der Waals surface area (Å²) in [5.41, 5.74) is 1.39. The smallest absolute Gasteiger partial charge is 0.141 e. The number of aliphatic hydroxyl groups excluding tert-OH is 1. The molecule has 0 bridgehead atoms. The van der Waals surface area contributed by atoms with Crippen molar-refractivity contribution in [3.05, 3.63) is 29.5 Å². The minimum Gasteiger partial charge on any atom is -0.508 e. The number of phenols is 1. The topological polar surface area (TPSA) is 65.6 Å². The molecule has 0 amide bonds. The second-order valence-corrected chi connectivity index (χ2v) is 6.13. The van der Waals surface area contributed by atoms with E-state index < -0.39 is 6.10 Å². The molecule has 20 heavy (non-hydrogen) atoms. The third-order valence-corrected chi connectivity index (χ3v) is 3.29. The average Bonchev–Trinajstić information content (AvgIpc) is 2.79. The van der Waals surface area contributed by atoms with Gasteiger partial charge < -0.3 is 19.9 Å². The standard InChI is InChI=1S/C16H23NO3/c1-5-11-12(18)7-6-10-8-14(20-15(10)11)13(19)9-17-16(2,3)4/h6-8,13,17-19H,5,9H2,1-4H3. The predicted molar refractivity (Wildman–Crippen MR) is 80.0 cm³/mol. The van der Waals surface area contributed by atoms with Crippen LogP contribution in [0.3, 0.4) is 0 Å². The second-order valence-electron chi connectivity index (χ2n) is 6.13. The molecule has 0 saturated heterocycles. The number of rotatable bonds is 4. The summed E-state index contributed by atoms with van der Waals surface area (Å²) in [7, 11) is 0. The summed E-state index contributed by atoms with van der Waals surface area (Å²) in [6.07, 6.45) is -0.0135. The Morgan fingerprint density at radius 3 is 2.60 bits per heavy atom. The monoisotopic (exact) mass is 277 g/mol. The van der Waals surface area contributed by atoms with E-state index in [1.54, 1.807) is 12.1 Å². The summed E-state index contributed by atoms with van der Waals surface area (Å²) in [4.78, 5) is 0. The molecule has 0 radical (unpaired) electrons. The van der Waals surface area contributed by atoms with Gasteiger partial charge in [-0.1, -0.05) is 6.92 Å². The lowest BCUT2D eigenvalue weighted by atomic mass is 10.1. The van der Waals surface area contributed by atoms with E-state index in [0.717, 1.165) is 10.9 Å². The molecule has 3 N–H and O–H groups in total. The van der Waals surface area contributed by atoms with Crippen LogP contribution in [-0.4, -0.2) is 22.3 Å². The fraction of sp³-hybridized carbons (Fsp3) is 0.500. The maximum atomic E-state index is 10.2. The Bertz CT molecular complexity index is 596. The number of furan rings is 1. The van der Waals surface area contributed by atoms with Gasteiger partial charge in [-0.25, -0.2) is 0 Å². The third-order valence-electron chi connectivity index (χ3n) is 3.29. The number of benzene rings is 1. The molecule has 0 aliphatic carbocycles. The summed E-state index contributed by atoms with van der Waals surface area (Å²) < 4.78 is 5.75. The minimum atomic E-state index is -0.700. The molecule has 4 heteroatoms. The Labute approximate surface area is 119 Å². The molecule has 1 atom stereocenters. The highest BCUT2D eigenvalue weighted by Crippen LogP contribution is 2.32. The van der Waals surface area contributed by atoms with Crippen LogP contribution in [0.5, 0.6) is 5.75 Å². The van der Waals surface area contributed by atoms with Gasteiger partial charge in [0.15, 0.2) is 0 Å². The summed E-state index contributed by atoms with van der Waals surface area (Å²) in [6.45, 7) is 8.54. The molecule has 110 valence electrons. The fourth-order valence-electron chi connectivity index (χ4n) is 2.18.